The summed E-state index contributed by atoms with van der Waals surface area (Å²) in [5.74, 6) is -3.35. The molecular formula is C10H13F3N4OS. The molecule has 0 saturated heterocycles. The summed E-state index contributed by atoms with van der Waals surface area (Å²) in [6, 6.07) is 1.72. The fourth-order valence-corrected chi connectivity index (χ4v) is 2.43. The Kier molecular flexibility index (Phi) is 4.98. The predicted molar refractivity (Wildman–Crippen MR) is 65.2 cm³/mol. The molecule has 0 aromatic carbocycles. The van der Waals surface area contributed by atoms with Crippen molar-refractivity contribution in [1.82, 2.24) is 9.97 Å². The molecule has 0 spiro atoms. The Labute approximate surface area is 112 Å². The molecule has 0 aliphatic carbocycles. The van der Waals surface area contributed by atoms with Crippen molar-refractivity contribution in [2.45, 2.75) is 25.2 Å². The standard InChI is InChI=1S/C10H13F3N4OS/c1-5-3-6(2)16-9(15-5)19-4-7(8(14)17-18)10(11,12)13/h3,7,18H,4H2,1-2H3,(H2,14,17). The number of oxime groups is 1. The molecule has 9 heteroatoms. The summed E-state index contributed by atoms with van der Waals surface area (Å²) in [6.45, 7) is 3.45. The highest BCUT2D eigenvalue weighted by Crippen LogP contribution is 2.31. The lowest BCUT2D eigenvalue weighted by atomic mass is 10.1. The summed E-state index contributed by atoms with van der Waals surface area (Å²) < 4.78 is 38.1. The lowest BCUT2D eigenvalue weighted by Gasteiger charge is -2.17. The van der Waals surface area contributed by atoms with E-state index < -0.39 is 23.7 Å². The van der Waals surface area contributed by atoms with Gasteiger partial charge in [-0.05, 0) is 19.9 Å². The van der Waals surface area contributed by atoms with E-state index in [1.165, 1.54) is 0 Å². The number of nitrogens with zero attached hydrogens (tertiary/aromatic N) is 3. The highest BCUT2D eigenvalue weighted by atomic mass is 32.2. The van der Waals surface area contributed by atoms with Gasteiger partial charge in [0.15, 0.2) is 11.0 Å². The van der Waals surface area contributed by atoms with Crippen molar-refractivity contribution in [3.05, 3.63) is 17.5 Å². The Balaban J connectivity index is 2.82. The molecule has 1 aromatic heterocycles. The van der Waals surface area contributed by atoms with Crippen LogP contribution in [-0.4, -0.2) is 32.9 Å². The van der Waals surface area contributed by atoms with E-state index in [9.17, 15) is 13.2 Å². The second-order valence-electron chi connectivity index (χ2n) is 3.86. The van der Waals surface area contributed by atoms with E-state index in [2.05, 4.69) is 15.1 Å². The molecule has 0 amide bonds. The van der Waals surface area contributed by atoms with E-state index >= 15 is 0 Å². The average molecular weight is 294 g/mol. The number of rotatable bonds is 4. The van der Waals surface area contributed by atoms with Gasteiger partial charge in [0.25, 0.3) is 0 Å². The van der Waals surface area contributed by atoms with Crippen LogP contribution in [0.2, 0.25) is 0 Å². The number of aryl methyl sites for hydroxylation is 2. The van der Waals surface area contributed by atoms with E-state index in [4.69, 9.17) is 10.9 Å². The van der Waals surface area contributed by atoms with E-state index in [0.717, 1.165) is 11.8 Å². The maximum Gasteiger partial charge on any atom is 0.399 e. The molecule has 0 bridgehead atoms. The van der Waals surface area contributed by atoms with Gasteiger partial charge in [0, 0.05) is 17.1 Å². The van der Waals surface area contributed by atoms with Crippen molar-refractivity contribution in [2.24, 2.45) is 16.8 Å². The molecule has 0 radical (unpaired) electrons. The summed E-state index contributed by atoms with van der Waals surface area (Å²) in [5, 5.41) is 11.0. The third kappa shape index (κ3) is 4.58. The van der Waals surface area contributed by atoms with Gasteiger partial charge in [0.05, 0.1) is 0 Å². The molecular weight excluding hydrogens is 281 g/mol. The van der Waals surface area contributed by atoms with Crippen molar-refractivity contribution >= 4 is 17.6 Å². The molecule has 1 unspecified atom stereocenters. The summed E-state index contributed by atoms with van der Waals surface area (Å²) in [7, 11) is 0. The van der Waals surface area contributed by atoms with Crippen molar-refractivity contribution in [1.29, 1.82) is 0 Å². The van der Waals surface area contributed by atoms with Gasteiger partial charge < -0.3 is 10.9 Å². The summed E-state index contributed by atoms with van der Waals surface area (Å²) >= 11 is 0.813. The molecule has 1 atom stereocenters. The van der Waals surface area contributed by atoms with Gasteiger partial charge in [0.1, 0.15) is 5.92 Å². The number of aromatic nitrogens is 2. The fraction of sp³-hybridized carbons (Fsp3) is 0.500. The normalized spacial score (nSPS) is 14.5. The topological polar surface area (TPSA) is 84.4 Å². The first-order valence-electron chi connectivity index (χ1n) is 5.23. The van der Waals surface area contributed by atoms with Gasteiger partial charge in [-0.3, -0.25) is 0 Å². The number of hydrogen-bond donors (Lipinski definition) is 2. The molecule has 1 aromatic rings. The number of thioether (sulfide) groups is 1. The van der Waals surface area contributed by atoms with Crippen molar-refractivity contribution in [3.8, 4) is 0 Å². The zero-order valence-electron chi connectivity index (χ0n) is 10.3. The first-order chi connectivity index (χ1) is 8.74. The third-order valence-electron chi connectivity index (χ3n) is 2.21. The van der Waals surface area contributed by atoms with Crippen LogP contribution in [0.15, 0.2) is 16.4 Å². The predicted octanol–water partition coefficient (Wildman–Crippen LogP) is 2.11. The Morgan fingerprint density at radius 3 is 2.37 bits per heavy atom. The molecule has 0 aliphatic heterocycles. The molecule has 5 nitrogen and oxygen atoms in total. The summed E-state index contributed by atoms with van der Waals surface area (Å²) in [6.07, 6.45) is -4.58. The van der Waals surface area contributed by atoms with Gasteiger partial charge in [0.2, 0.25) is 0 Å². The van der Waals surface area contributed by atoms with Crippen LogP contribution in [0.3, 0.4) is 0 Å². The number of nitrogens with two attached hydrogens (primary N) is 1. The van der Waals surface area contributed by atoms with E-state index in [1.807, 2.05) is 0 Å². The quantitative estimate of drug-likeness (QED) is 0.222. The molecule has 19 heavy (non-hydrogen) atoms. The van der Waals surface area contributed by atoms with Crippen LogP contribution in [-0.2, 0) is 0 Å². The average Bonchev–Trinajstić information content (AvgIpc) is 2.25. The summed E-state index contributed by atoms with van der Waals surface area (Å²) in [4.78, 5) is 8.03. The van der Waals surface area contributed by atoms with Crippen molar-refractivity contribution < 1.29 is 18.4 Å². The SMILES string of the molecule is Cc1cc(C)nc(SCC(/C(N)=N/O)C(F)(F)F)n1. The van der Waals surface area contributed by atoms with Gasteiger partial charge in [-0.25, -0.2) is 9.97 Å². The first-order valence-corrected chi connectivity index (χ1v) is 6.22. The van der Waals surface area contributed by atoms with E-state index in [1.54, 1.807) is 19.9 Å². The second kappa shape index (κ2) is 6.09. The van der Waals surface area contributed by atoms with Crippen LogP contribution in [0, 0.1) is 19.8 Å². The first kappa shape index (κ1) is 15.5. The van der Waals surface area contributed by atoms with Crippen LogP contribution in [0.5, 0.6) is 0 Å². The lowest BCUT2D eigenvalue weighted by Crippen LogP contribution is -2.37. The summed E-state index contributed by atoms with van der Waals surface area (Å²) in [5.41, 5.74) is 6.39. The lowest BCUT2D eigenvalue weighted by molar-refractivity contribution is -0.150. The van der Waals surface area contributed by atoms with E-state index in [0.29, 0.717) is 11.4 Å². The Hall–Kier alpha value is -1.51. The number of alkyl halides is 3. The number of halogens is 3. The minimum absolute atomic E-state index is 0.234. The Morgan fingerprint density at radius 2 is 1.95 bits per heavy atom. The van der Waals surface area contributed by atoms with Gasteiger partial charge >= 0.3 is 6.18 Å². The van der Waals surface area contributed by atoms with Crippen molar-refractivity contribution in [3.63, 3.8) is 0 Å². The smallest absolute Gasteiger partial charge is 0.399 e. The van der Waals surface area contributed by atoms with Crippen molar-refractivity contribution in [2.75, 3.05) is 5.75 Å². The van der Waals surface area contributed by atoms with Gasteiger partial charge in [-0.15, -0.1) is 0 Å². The number of hydrogen-bond acceptors (Lipinski definition) is 5. The number of amidine groups is 1. The highest BCUT2D eigenvalue weighted by molar-refractivity contribution is 7.99. The van der Waals surface area contributed by atoms with Crippen LogP contribution in [0.25, 0.3) is 0 Å². The van der Waals surface area contributed by atoms with Gasteiger partial charge in [-0.2, -0.15) is 13.2 Å². The van der Waals surface area contributed by atoms with E-state index in [-0.39, 0.29) is 5.16 Å². The highest BCUT2D eigenvalue weighted by Gasteiger charge is 2.42. The van der Waals surface area contributed by atoms with Gasteiger partial charge in [-0.1, -0.05) is 16.9 Å². The molecule has 3 N–H and O–H groups in total. The molecule has 1 heterocycles. The minimum Gasteiger partial charge on any atom is -0.409 e. The Morgan fingerprint density at radius 1 is 1.42 bits per heavy atom. The van der Waals surface area contributed by atoms with Crippen LogP contribution in [0.1, 0.15) is 11.4 Å². The maximum absolute atomic E-state index is 12.7. The zero-order chi connectivity index (χ0) is 14.6. The molecule has 106 valence electrons. The van der Waals surface area contributed by atoms with Crippen LogP contribution >= 0.6 is 11.8 Å². The largest absolute Gasteiger partial charge is 0.409 e. The Bertz CT molecular complexity index is 458. The minimum atomic E-state index is -4.58. The maximum atomic E-state index is 12.7. The second-order valence-corrected chi connectivity index (χ2v) is 4.85. The molecule has 1 rings (SSSR count). The zero-order valence-corrected chi connectivity index (χ0v) is 11.1. The molecule has 0 saturated carbocycles. The van der Waals surface area contributed by atoms with Crippen LogP contribution < -0.4 is 5.73 Å². The monoisotopic (exact) mass is 294 g/mol. The molecule has 0 fully saturated rings. The molecule has 0 aliphatic rings. The van der Waals surface area contributed by atoms with Crippen LogP contribution in [0.4, 0.5) is 13.2 Å². The third-order valence-corrected chi connectivity index (χ3v) is 3.15. The fourth-order valence-electron chi connectivity index (χ4n) is 1.33.